The van der Waals surface area contributed by atoms with Crippen molar-refractivity contribution in [3.05, 3.63) is 54.1 Å². The minimum Gasteiger partial charge on any atom is -0.494 e. The minimum absolute atomic E-state index is 0.0384. The summed E-state index contributed by atoms with van der Waals surface area (Å²) in [7, 11) is 0. The van der Waals surface area contributed by atoms with Crippen LogP contribution in [0.2, 0.25) is 0 Å². The standard InChI is InChI=1S/C20H22N2O5/c1-3-26-18-10-8-17(9-11-18)22-19(24)13-27-20(25)12-15-4-6-16(7-5-15)21-14(2)23/h4-11H,3,12-13H2,1-2H3,(H,21,23)(H,22,24). The zero-order chi connectivity index (χ0) is 19.6. The summed E-state index contributed by atoms with van der Waals surface area (Å²) < 4.78 is 10.3. The zero-order valence-electron chi connectivity index (χ0n) is 15.3. The maximum Gasteiger partial charge on any atom is 0.310 e. The fourth-order valence-corrected chi connectivity index (χ4v) is 2.27. The molecule has 27 heavy (non-hydrogen) atoms. The smallest absolute Gasteiger partial charge is 0.310 e. The Morgan fingerprint density at radius 2 is 1.48 bits per heavy atom. The van der Waals surface area contributed by atoms with Crippen molar-refractivity contribution >= 4 is 29.2 Å². The van der Waals surface area contributed by atoms with Crippen LogP contribution in [0.15, 0.2) is 48.5 Å². The molecule has 0 aromatic heterocycles. The van der Waals surface area contributed by atoms with E-state index in [0.717, 1.165) is 5.56 Å². The molecule has 2 rings (SSSR count). The van der Waals surface area contributed by atoms with Crippen molar-refractivity contribution in [3.63, 3.8) is 0 Å². The summed E-state index contributed by atoms with van der Waals surface area (Å²) in [6.45, 7) is 3.51. The number of carbonyl (C=O) groups is 3. The van der Waals surface area contributed by atoms with E-state index in [0.29, 0.717) is 23.7 Å². The Morgan fingerprint density at radius 3 is 2.07 bits per heavy atom. The van der Waals surface area contributed by atoms with Crippen molar-refractivity contribution in [3.8, 4) is 5.75 Å². The molecular weight excluding hydrogens is 348 g/mol. The van der Waals surface area contributed by atoms with Gasteiger partial charge in [0.2, 0.25) is 5.91 Å². The van der Waals surface area contributed by atoms with Gasteiger partial charge in [-0.2, -0.15) is 0 Å². The predicted molar refractivity (Wildman–Crippen MR) is 102 cm³/mol. The van der Waals surface area contributed by atoms with Crippen molar-refractivity contribution < 1.29 is 23.9 Å². The van der Waals surface area contributed by atoms with E-state index >= 15 is 0 Å². The Morgan fingerprint density at radius 1 is 0.889 bits per heavy atom. The van der Waals surface area contributed by atoms with Crippen LogP contribution in [0.1, 0.15) is 19.4 Å². The summed E-state index contributed by atoms with van der Waals surface area (Å²) in [6, 6.07) is 13.7. The van der Waals surface area contributed by atoms with Crippen LogP contribution in [-0.2, 0) is 25.5 Å². The molecule has 0 aliphatic carbocycles. The third kappa shape index (κ3) is 7.19. The number of hydrogen-bond acceptors (Lipinski definition) is 5. The lowest BCUT2D eigenvalue weighted by molar-refractivity contribution is -0.146. The van der Waals surface area contributed by atoms with E-state index in [2.05, 4.69) is 10.6 Å². The first kappa shape index (κ1) is 20.0. The van der Waals surface area contributed by atoms with E-state index in [1.807, 2.05) is 6.92 Å². The highest BCUT2D eigenvalue weighted by Gasteiger charge is 2.09. The van der Waals surface area contributed by atoms with E-state index in [1.54, 1.807) is 48.5 Å². The van der Waals surface area contributed by atoms with Crippen LogP contribution < -0.4 is 15.4 Å². The molecule has 0 unspecified atom stereocenters. The van der Waals surface area contributed by atoms with Gasteiger partial charge in [0.1, 0.15) is 5.75 Å². The number of nitrogens with one attached hydrogen (secondary N) is 2. The molecule has 0 saturated heterocycles. The van der Waals surface area contributed by atoms with E-state index in [9.17, 15) is 14.4 Å². The van der Waals surface area contributed by atoms with E-state index in [4.69, 9.17) is 9.47 Å². The number of benzene rings is 2. The summed E-state index contributed by atoms with van der Waals surface area (Å²) in [6.07, 6.45) is 0.0384. The SMILES string of the molecule is CCOc1ccc(NC(=O)COC(=O)Cc2ccc(NC(C)=O)cc2)cc1. The van der Waals surface area contributed by atoms with E-state index in [-0.39, 0.29) is 18.9 Å². The van der Waals surface area contributed by atoms with E-state index < -0.39 is 11.9 Å². The molecule has 0 radical (unpaired) electrons. The van der Waals surface area contributed by atoms with Crippen LogP contribution >= 0.6 is 0 Å². The Kier molecular flexibility index (Phi) is 7.37. The molecule has 2 aromatic rings. The van der Waals surface area contributed by atoms with Crippen molar-refractivity contribution in [2.24, 2.45) is 0 Å². The second-order valence-corrected chi connectivity index (χ2v) is 5.72. The van der Waals surface area contributed by atoms with Gasteiger partial charge in [-0.05, 0) is 48.9 Å². The van der Waals surface area contributed by atoms with Crippen LogP contribution in [0.25, 0.3) is 0 Å². The van der Waals surface area contributed by atoms with Gasteiger partial charge < -0.3 is 20.1 Å². The predicted octanol–water partition coefficient (Wildman–Crippen LogP) is 2.77. The lowest BCUT2D eigenvalue weighted by Crippen LogP contribution is -2.21. The molecule has 2 amide bonds. The number of hydrogen-bond donors (Lipinski definition) is 2. The first-order valence-corrected chi connectivity index (χ1v) is 8.51. The van der Waals surface area contributed by atoms with E-state index in [1.165, 1.54) is 6.92 Å². The highest BCUT2D eigenvalue weighted by atomic mass is 16.5. The van der Waals surface area contributed by atoms with Crippen LogP contribution in [0.4, 0.5) is 11.4 Å². The molecule has 0 saturated carbocycles. The van der Waals surface area contributed by atoms with Crippen LogP contribution in [0.3, 0.4) is 0 Å². The normalized spacial score (nSPS) is 10.0. The van der Waals surface area contributed by atoms with Gasteiger partial charge in [-0.3, -0.25) is 14.4 Å². The van der Waals surface area contributed by atoms with Crippen LogP contribution in [0, 0.1) is 0 Å². The Labute approximate surface area is 157 Å². The number of esters is 1. The topological polar surface area (TPSA) is 93.7 Å². The quantitative estimate of drug-likeness (QED) is 0.697. The summed E-state index contributed by atoms with van der Waals surface area (Å²) in [5.41, 5.74) is 1.96. The van der Waals surface area contributed by atoms with Gasteiger partial charge in [-0.15, -0.1) is 0 Å². The minimum atomic E-state index is -0.510. The fourth-order valence-electron chi connectivity index (χ4n) is 2.27. The highest BCUT2D eigenvalue weighted by molar-refractivity contribution is 5.93. The van der Waals surface area contributed by atoms with Gasteiger partial charge in [0.05, 0.1) is 13.0 Å². The average Bonchev–Trinajstić information content (AvgIpc) is 2.63. The maximum atomic E-state index is 11.9. The molecule has 0 fully saturated rings. The molecule has 0 spiro atoms. The molecule has 0 aliphatic heterocycles. The number of ether oxygens (including phenoxy) is 2. The first-order chi connectivity index (χ1) is 13.0. The molecule has 2 aromatic carbocycles. The second kappa shape index (κ2) is 9.96. The molecule has 7 heteroatoms. The highest BCUT2D eigenvalue weighted by Crippen LogP contribution is 2.15. The lowest BCUT2D eigenvalue weighted by Gasteiger charge is -2.08. The maximum absolute atomic E-state index is 11.9. The Bertz CT molecular complexity index is 785. The number of anilines is 2. The number of carbonyl (C=O) groups excluding carboxylic acids is 3. The molecule has 142 valence electrons. The molecule has 0 atom stereocenters. The van der Waals surface area contributed by atoms with Crippen molar-refractivity contribution in [2.75, 3.05) is 23.8 Å². The molecule has 2 N–H and O–H groups in total. The lowest BCUT2D eigenvalue weighted by atomic mass is 10.1. The van der Waals surface area contributed by atoms with Gasteiger partial charge in [-0.1, -0.05) is 12.1 Å². The van der Waals surface area contributed by atoms with Gasteiger partial charge in [0, 0.05) is 18.3 Å². The van der Waals surface area contributed by atoms with Gasteiger partial charge in [0.15, 0.2) is 6.61 Å². The Hall–Kier alpha value is -3.35. The summed E-state index contributed by atoms with van der Waals surface area (Å²) in [4.78, 5) is 34.7. The zero-order valence-corrected chi connectivity index (χ0v) is 15.3. The molecule has 7 nitrogen and oxygen atoms in total. The summed E-state index contributed by atoms with van der Waals surface area (Å²) in [5, 5.41) is 5.29. The fraction of sp³-hybridized carbons (Fsp3) is 0.250. The molecule has 0 bridgehead atoms. The monoisotopic (exact) mass is 370 g/mol. The second-order valence-electron chi connectivity index (χ2n) is 5.72. The van der Waals surface area contributed by atoms with Gasteiger partial charge >= 0.3 is 5.97 Å². The summed E-state index contributed by atoms with van der Waals surface area (Å²) in [5.74, 6) is -0.384. The van der Waals surface area contributed by atoms with Crippen molar-refractivity contribution in [1.82, 2.24) is 0 Å². The van der Waals surface area contributed by atoms with Crippen molar-refractivity contribution in [2.45, 2.75) is 20.3 Å². The Balaban J connectivity index is 1.75. The summed E-state index contributed by atoms with van der Waals surface area (Å²) >= 11 is 0. The average molecular weight is 370 g/mol. The third-order valence-corrected chi connectivity index (χ3v) is 3.44. The van der Waals surface area contributed by atoms with Gasteiger partial charge in [-0.25, -0.2) is 0 Å². The molecular formula is C20H22N2O5. The number of amides is 2. The van der Waals surface area contributed by atoms with Crippen molar-refractivity contribution in [1.29, 1.82) is 0 Å². The largest absolute Gasteiger partial charge is 0.494 e. The van der Waals surface area contributed by atoms with Crippen LogP contribution in [0.5, 0.6) is 5.75 Å². The first-order valence-electron chi connectivity index (χ1n) is 8.51. The van der Waals surface area contributed by atoms with Gasteiger partial charge in [0.25, 0.3) is 5.91 Å². The molecule has 0 heterocycles. The molecule has 0 aliphatic rings. The number of rotatable bonds is 8. The third-order valence-electron chi connectivity index (χ3n) is 3.44. The van der Waals surface area contributed by atoms with Crippen LogP contribution in [-0.4, -0.2) is 31.0 Å².